The lowest BCUT2D eigenvalue weighted by Crippen LogP contribution is -2.35. The number of imidazole rings is 1. The van der Waals surface area contributed by atoms with E-state index in [1.807, 2.05) is 13.8 Å². The van der Waals surface area contributed by atoms with Crippen molar-refractivity contribution in [3.63, 3.8) is 0 Å². The van der Waals surface area contributed by atoms with Gasteiger partial charge in [0.15, 0.2) is 0 Å². The van der Waals surface area contributed by atoms with Gasteiger partial charge in [0.05, 0.1) is 19.0 Å². The van der Waals surface area contributed by atoms with Gasteiger partial charge in [0.1, 0.15) is 12.6 Å². The summed E-state index contributed by atoms with van der Waals surface area (Å²) in [5.74, 6) is -0.424. The van der Waals surface area contributed by atoms with Crippen molar-refractivity contribution in [2.75, 3.05) is 13.2 Å². The number of hydrogen-bond donors (Lipinski definition) is 2. The largest absolute Gasteiger partial charge is 0.462 e. The Morgan fingerprint density at radius 1 is 1.53 bits per heavy atom. The lowest BCUT2D eigenvalue weighted by atomic mass is 10.2. The molecule has 0 spiro atoms. The highest BCUT2D eigenvalue weighted by molar-refractivity contribution is 5.75. The van der Waals surface area contributed by atoms with E-state index >= 15 is 0 Å². The summed E-state index contributed by atoms with van der Waals surface area (Å²) < 4.78 is 10.2. The van der Waals surface area contributed by atoms with E-state index in [9.17, 15) is 4.79 Å². The number of carbonyl (C=O) groups excluding carboxylic acids is 1. The first-order valence-electron chi connectivity index (χ1n) is 5.60. The summed E-state index contributed by atoms with van der Waals surface area (Å²) in [7, 11) is 0. The van der Waals surface area contributed by atoms with E-state index < -0.39 is 12.0 Å². The number of carbonyl (C=O) groups is 1. The molecule has 96 valence electrons. The molecule has 0 saturated heterocycles. The van der Waals surface area contributed by atoms with E-state index in [0.29, 0.717) is 13.0 Å². The fourth-order valence-electron chi connectivity index (χ4n) is 1.25. The molecule has 6 nitrogen and oxygen atoms in total. The van der Waals surface area contributed by atoms with Gasteiger partial charge < -0.3 is 20.2 Å². The Bertz CT molecular complexity index is 325. The lowest BCUT2D eigenvalue weighted by Gasteiger charge is -2.11. The number of nitrogens with zero attached hydrogens (tertiary/aromatic N) is 1. The monoisotopic (exact) mass is 241 g/mol. The van der Waals surface area contributed by atoms with Gasteiger partial charge in [0, 0.05) is 18.3 Å². The molecular weight excluding hydrogens is 222 g/mol. The number of esters is 1. The molecule has 17 heavy (non-hydrogen) atoms. The third-order valence-electron chi connectivity index (χ3n) is 2.08. The molecule has 6 heteroatoms. The molecule has 0 aliphatic heterocycles. The van der Waals surface area contributed by atoms with E-state index in [0.717, 1.165) is 5.69 Å². The zero-order valence-electron chi connectivity index (χ0n) is 10.2. The minimum atomic E-state index is -0.672. The fourth-order valence-corrected chi connectivity index (χ4v) is 1.25. The summed E-state index contributed by atoms with van der Waals surface area (Å²) >= 11 is 0. The van der Waals surface area contributed by atoms with Crippen LogP contribution in [0, 0.1) is 0 Å². The molecule has 0 aliphatic rings. The van der Waals surface area contributed by atoms with Crippen molar-refractivity contribution in [1.29, 1.82) is 0 Å². The normalized spacial score (nSPS) is 12.7. The van der Waals surface area contributed by atoms with Gasteiger partial charge in [-0.25, -0.2) is 4.98 Å². The summed E-state index contributed by atoms with van der Waals surface area (Å²) in [5.41, 5.74) is 6.50. The summed E-state index contributed by atoms with van der Waals surface area (Å²) in [6, 6.07) is -0.672. The van der Waals surface area contributed by atoms with Crippen LogP contribution in [0.3, 0.4) is 0 Å². The number of aromatic amines is 1. The van der Waals surface area contributed by atoms with Crippen LogP contribution < -0.4 is 5.73 Å². The fraction of sp³-hybridized carbons (Fsp3) is 0.636. The quantitative estimate of drug-likeness (QED) is 0.527. The predicted molar refractivity (Wildman–Crippen MR) is 62.3 cm³/mol. The number of aromatic nitrogens is 2. The molecule has 0 fully saturated rings. The Morgan fingerprint density at radius 2 is 2.29 bits per heavy atom. The Labute approximate surface area is 101 Å². The zero-order chi connectivity index (χ0) is 12.7. The van der Waals surface area contributed by atoms with Crippen molar-refractivity contribution >= 4 is 5.97 Å². The molecule has 0 amide bonds. The molecule has 3 N–H and O–H groups in total. The van der Waals surface area contributed by atoms with Crippen LogP contribution in [0.2, 0.25) is 0 Å². The smallest absolute Gasteiger partial charge is 0.323 e. The van der Waals surface area contributed by atoms with Gasteiger partial charge in [-0.15, -0.1) is 0 Å². The van der Waals surface area contributed by atoms with Gasteiger partial charge in [-0.1, -0.05) is 0 Å². The van der Waals surface area contributed by atoms with Crippen LogP contribution in [0.15, 0.2) is 12.5 Å². The predicted octanol–water partition coefficient (Wildman–Crippen LogP) is 0.248. The minimum Gasteiger partial charge on any atom is -0.462 e. The summed E-state index contributed by atoms with van der Waals surface area (Å²) in [4.78, 5) is 18.2. The highest BCUT2D eigenvalue weighted by atomic mass is 16.6. The maximum atomic E-state index is 11.5. The molecule has 0 unspecified atom stereocenters. The molecule has 1 aromatic heterocycles. The second-order valence-corrected chi connectivity index (χ2v) is 3.97. The highest BCUT2D eigenvalue weighted by Gasteiger charge is 2.16. The molecule has 0 aromatic carbocycles. The number of hydrogen-bond acceptors (Lipinski definition) is 5. The Morgan fingerprint density at radius 3 is 2.88 bits per heavy atom. The Kier molecular flexibility index (Phi) is 5.65. The topological polar surface area (TPSA) is 90.2 Å². The van der Waals surface area contributed by atoms with E-state index in [2.05, 4.69) is 9.97 Å². The van der Waals surface area contributed by atoms with Gasteiger partial charge >= 0.3 is 5.97 Å². The number of ether oxygens (including phenoxy) is 2. The molecule has 1 rings (SSSR count). The number of nitrogens with two attached hydrogens (primary N) is 1. The third kappa shape index (κ3) is 5.46. The van der Waals surface area contributed by atoms with Crippen molar-refractivity contribution in [2.45, 2.75) is 32.4 Å². The average molecular weight is 241 g/mol. The van der Waals surface area contributed by atoms with Gasteiger partial charge in [-0.2, -0.15) is 0 Å². The van der Waals surface area contributed by atoms with Gasteiger partial charge in [0.2, 0.25) is 0 Å². The van der Waals surface area contributed by atoms with Gasteiger partial charge in [0.25, 0.3) is 0 Å². The van der Waals surface area contributed by atoms with Gasteiger partial charge in [-0.3, -0.25) is 4.79 Å². The number of rotatable bonds is 7. The maximum absolute atomic E-state index is 11.5. The van der Waals surface area contributed by atoms with Crippen molar-refractivity contribution in [1.82, 2.24) is 9.97 Å². The SMILES string of the molecule is CC(C)OCCOC(=O)[C@H](N)Cc1cnc[nH]1. The molecule has 0 aliphatic carbocycles. The molecule has 1 atom stereocenters. The Hall–Kier alpha value is -1.40. The van der Waals surface area contributed by atoms with Crippen LogP contribution in [0.5, 0.6) is 0 Å². The summed E-state index contributed by atoms with van der Waals surface area (Å²) in [5, 5.41) is 0. The van der Waals surface area contributed by atoms with Crippen LogP contribution in [0.1, 0.15) is 19.5 Å². The molecule has 1 heterocycles. The lowest BCUT2D eigenvalue weighted by molar-refractivity contribution is -0.147. The van der Waals surface area contributed by atoms with Crippen molar-refractivity contribution in [3.8, 4) is 0 Å². The molecule has 1 aromatic rings. The first-order valence-corrected chi connectivity index (χ1v) is 5.60. The van der Waals surface area contributed by atoms with E-state index in [4.69, 9.17) is 15.2 Å². The summed E-state index contributed by atoms with van der Waals surface area (Å²) in [6.45, 7) is 4.46. The molecule has 0 saturated carbocycles. The number of H-pyrrole nitrogens is 1. The first kappa shape index (κ1) is 13.7. The Balaban J connectivity index is 2.18. The molecular formula is C11H19N3O3. The average Bonchev–Trinajstić information content (AvgIpc) is 2.76. The van der Waals surface area contributed by atoms with Crippen LogP contribution >= 0.6 is 0 Å². The standard InChI is InChI=1S/C11H19N3O3/c1-8(2)16-3-4-17-11(15)10(12)5-9-6-13-7-14-9/h6-8,10H,3-5,12H2,1-2H3,(H,13,14)/t10-/m1/s1. The van der Waals surface area contributed by atoms with Crippen LogP contribution in [-0.4, -0.2) is 41.3 Å². The van der Waals surface area contributed by atoms with Crippen LogP contribution in [0.4, 0.5) is 0 Å². The van der Waals surface area contributed by atoms with Crippen LogP contribution in [-0.2, 0) is 20.7 Å². The maximum Gasteiger partial charge on any atom is 0.323 e. The second-order valence-electron chi connectivity index (χ2n) is 3.97. The first-order chi connectivity index (χ1) is 8.09. The van der Waals surface area contributed by atoms with Gasteiger partial charge in [-0.05, 0) is 13.8 Å². The van der Waals surface area contributed by atoms with E-state index in [-0.39, 0.29) is 12.7 Å². The molecule has 0 radical (unpaired) electrons. The van der Waals surface area contributed by atoms with E-state index in [1.165, 1.54) is 0 Å². The number of nitrogens with one attached hydrogen (secondary N) is 1. The van der Waals surface area contributed by atoms with E-state index in [1.54, 1.807) is 12.5 Å². The van der Waals surface area contributed by atoms with Crippen molar-refractivity contribution in [2.24, 2.45) is 5.73 Å². The summed E-state index contributed by atoms with van der Waals surface area (Å²) in [6.07, 6.45) is 3.70. The van der Waals surface area contributed by atoms with Crippen LogP contribution in [0.25, 0.3) is 0 Å². The zero-order valence-corrected chi connectivity index (χ0v) is 10.2. The second kappa shape index (κ2) is 7.03. The third-order valence-corrected chi connectivity index (χ3v) is 2.08. The van der Waals surface area contributed by atoms with Crippen molar-refractivity contribution < 1.29 is 14.3 Å². The molecule has 0 bridgehead atoms. The minimum absolute atomic E-state index is 0.132. The van der Waals surface area contributed by atoms with Crippen molar-refractivity contribution in [3.05, 3.63) is 18.2 Å². The highest BCUT2D eigenvalue weighted by Crippen LogP contribution is 1.98.